The van der Waals surface area contributed by atoms with Crippen molar-refractivity contribution in [2.45, 2.75) is 38.8 Å². The highest BCUT2D eigenvalue weighted by atomic mass is 79.9. The van der Waals surface area contributed by atoms with Crippen LogP contribution in [0.15, 0.2) is 15.9 Å². The molecular weight excluding hydrogens is 296 g/mol. The van der Waals surface area contributed by atoms with Crippen molar-refractivity contribution in [3.63, 3.8) is 0 Å². The second kappa shape index (κ2) is 5.83. The zero-order valence-electron chi connectivity index (χ0n) is 10.5. The van der Waals surface area contributed by atoms with E-state index in [2.05, 4.69) is 46.1 Å². The first-order valence-corrected chi connectivity index (χ1v) is 7.98. The molecule has 0 aliphatic heterocycles. The maximum absolute atomic E-state index is 6.01. The summed E-state index contributed by atoms with van der Waals surface area (Å²) in [7, 11) is 0. The van der Waals surface area contributed by atoms with Crippen molar-refractivity contribution in [1.29, 1.82) is 0 Å². The molecule has 0 radical (unpaired) electrons. The molecule has 1 aliphatic rings. The minimum Gasteiger partial charge on any atom is -0.329 e. The molecule has 0 bridgehead atoms. The maximum Gasteiger partial charge on any atom is 0.0567 e. The third-order valence-corrected chi connectivity index (χ3v) is 4.93. The topological polar surface area (TPSA) is 29.3 Å². The Balaban J connectivity index is 2.13. The van der Waals surface area contributed by atoms with Gasteiger partial charge in [-0.3, -0.25) is 4.90 Å². The largest absolute Gasteiger partial charge is 0.329 e. The lowest BCUT2D eigenvalue weighted by molar-refractivity contribution is 0.172. The minimum atomic E-state index is 0.404. The average Bonchev–Trinajstić information content (AvgIpc) is 3.02. The molecule has 0 amide bonds. The Bertz CT molecular complexity index is 360. The summed E-state index contributed by atoms with van der Waals surface area (Å²) in [5.41, 5.74) is 6.01. The van der Waals surface area contributed by atoms with Gasteiger partial charge in [-0.05, 0) is 40.8 Å². The molecule has 1 aromatic rings. The molecule has 1 fully saturated rings. The Morgan fingerprint density at radius 1 is 1.53 bits per heavy atom. The molecule has 0 saturated heterocycles. The Kier molecular flexibility index (Phi) is 4.64. The molecule has 0 aromatic carbocycles. The smallest absolute Gasteiger partial charge is 0.0567 e. The molecule has 17 heavy (non-hydrogen) atoms. The predicted octanol–water partition coefficient (Wildman–Crippen LogP) is 3.63. The lowest BCUT2D eigenvalue weighted by Crippen LogP contribution is -2.37. The molecule has 2 rings (SSSR count). The normalized spacial score (nSPS) is 18.0. The zero-order chi connectivity index (χ0) is 12.4. The van der Waals surface area contributed by atoms with Gasteiger partial charge >= 0.3 is 0 Å². The zero-order valence-corrected chi connectivity index (χ0v) is 12.9. The first-order chi connectivity index (χ1) is 8.11. The van der Waals surface area contributed by atoms with E-state index in [0.717, 1.165) is 19.1 Å². The van der Waals surface area contributed by atoms with Crippen molar-refractivity contribution < 1.29 is 0 Å². The van der Waals surface area contributed by atoms with Crippen LogP contribution in [0.25, 0.3) is 0 Å². The number of nitrogens with zero attached hydrogens (tertiary/aromatic N) is 1. The standard InChI is InChI=1S/C13H21BrN2S/c1-9(2)7-16(11-3-4-11)12(6-15)13-5-10(14)8-17-13/h5,8-9,11-12H,3-4,6-7,15H2,1-2H3. The third-order valence-electron chi connectivity index (χ3n) is 3.13. The van der Waals surface area contributed by atoms with Gasteiger partial charge in [0, 0.05) is 33.9 Å². The number of rotatable bonds is 6. The van der Waals surface area contributed by atoms with Gasteiger partial charge in [-0.2, -0.15) is 0 Å². The highest BCUT2D eigenvalue weighted by Gasteiger charge is 2.34. The maximum atomic E-state index is 6.01. The van der Waals surface area contributed by atoms with E-state index in [1.54, 1.807) is 0 Å². The fourth-order valence-corrected chi connectivity index (χ4v) is 3.86. The van der Waals surface area contributed by atoms with Crippen LogP contribution >= 0.6 is 27.3 Å². The van der Waals surface area contributed by atoms with E-state index in [1.165, 1.54) is 22.2 Å². The van der Waals surface area contributed by atoms with Crippen molar-refractivity contribution in [3.8, 4) is 0 Å². The first kappa shape index (κ1) is 13.5. The average molecular weight is 317 g/mol. The summed E-state index contributed by atoms with van der Waals surface area (Å²) < 4.78 is 1.18. The molecule has 1 saturated carbocycles. The molecule has 1 atom stereocenters. The summed E-state index contributed by atoms with van der Waals surface area (Å²) in [6.07, 6.45) is 2.69. The van der Waals surface area contributed by atoms with E-state index in [-0.39, 0.29) is 0 Å². The van der Waals surface area contributed by atoms with Crippen LogP contribution in [0.4, 0.5) is 0 Å². The van der Waals surface area contributed by atoms with Crippen LogP contribution in [0.3, 0.4) is 0 Å². The van der Waals surface area contributed by atoms with Crippen molar-refractivity contribution >= 4 is 27.3 Å². The van der Waals surface area contributed by atoms with E-state index < -0.39 is 0 Å². The lowest BCUT2D eigenvalue weighted by atomic mass is 10.1. The molecule has 2 nitrogen and oxygen atoms in total. The van der Waals surface area contributed by atoms with E-state index in [4.69, 9.17) is 5.73 Å². The third kappa shape index (κ3) is 3.53. The summed E-state index contributed by atoms with van der Waals surface area (Å²) >= 11 is 5.35. The molecular formula is C13H21BrN2S. The van der Waals surface area contributed by atoms with Gasteiger partial charge in [0.25, 0.3) is 0 Å². The SMILES string of the molecule is CC(C)CN(C1CC1)C(CN)c1cc(Br)cs1. The number of nitrogens with two attached hydrogens (primary N) is 1. The monoisotopic (exact) mass is 316 g/mol. The number of hydrogen-bond acceptors (Lipinski definition) is 3. The van der Waals surface area contributed by atoms with Crippen molar-refractivity contribution in [3.05, 3.63) is 20.8 Å². The van der Waals surface area contributed by atoms with Crippen molar-refractivity contribution in [2.24, 2.45) is 11.7 Å². The van der Waals surface area contributed by atoms with Crippen LogP contribution in [0.1, 0.15) is 37.6 Å². The molecule has 0 spiro atoms. The molecule has 96 valence electrons. The highest BCUT2D eigenvalue weighted by molar-refractivity contribution is 9.10. The van der Waals surface area contributed by atoms with Gasteiger partial charge in [0.05, 0.1) is 6.04 Å². The fraction of sp³-hybridized carbons (Fsp3) is 0.692. The van der Waals surface area contributed by atoms with Crippen LogP contribution in [0.2, 0.25) is 0 Å². The number of hydrogen-bond donors (Lipinski definition) is 1. The van der Waals surface area contributed by atoms with Gasteiger partial charge < -0.3 is 5.73 Å². The first-order valence-electron chi connectivity index (χ1n) is 6.31. The van der Waals surface area contributed by atoms with Gasteiger partial charge in [0.15, 0.2) is 0 Å². The van der Waals surface area contributed by atoms with Crippen LogP contribution in [0, 0.1) is 5.92 Å². The Hall–Kier alpha value is 0.1000. The highest BCUT2D eigenvalue weighted by Crippen LogP contribution is 2.37. The molecule has 1 aromatic heterocycles. The summed E-state index contributed by atoms with van der Waals surface area (Å²) in [6.45, 7) is 6.44. The van der Waals surface area contributed by atoms with Crippen LogP contribution in [-0.2, 0) is 0 Å². The Morgan fingerprint density at radius 2 is 2.24 bits per heavy atom. The Morgan fingerprint density at radius 3 is 2.65 bits per heavy atom. The predicted molar refractivity (Wildman–Crippen MR) is 78.4 cm³/mol. The van der Waals surface area contributed by atoms with Crippen molar-refractivity contribution in [1.82, 2.24) is 4.90 Å². The molecule has 4 heteroatoms. The molecule has 2 N–H and O–H groups in total. The van der Waals surface area contributed by atoms with Gasteiger partial charge in [-0.1, -0.05) is 13.8 Å². The Labute approximate surface area is 116 Å². The van der Waals surface area contributed by atoms with Gasteiger partial charge in [-0.15, -0.1) is 11.3 Å². The fourth-order valence-electron chi connectivity index (χ4n) is 2.28. The van der Waals surface area contributed by atoms with Gasteiger partial charge in [0.2, 0.25) is 0 Å². The summed E-state index contributed by atoms with van der Waals surface area (Å²) in [5.74, 6) is 0.702. The molecule has 1 unspecified atom stereocenters. The number of halogens is 1. The van der Waals surface area contributed by atoms with Crippen LogP contribution in [0.5, 0.6) is 0 Å². The van der Waals surface area contributed by atoms with E-state index in [9.17, 15) is 0 Å². The van der Waals surface area contributed by atoms with Crippen molar-refractivity contribution in [2.75, 3.05) is 13.1 Å². The van der Waals surface area contributed by atoms with E-state index in [1.807, 2.05) is 11.3 Å². The van der Waals surface area contributed by atoms with E-state index in [0.29, 0.717) is 12.0 Å². The quantitative estimate of drug-likeness (QED) is 0.868. The van der Waals surface area contributed by atoms with Gasteiger partial charge in [-0.25, -0.2) is 0 Å². The second-order valence-corrected chi connectivity index (χ2v) is 7.10. The summed E-state index contributed by atoms with van der Waals surface area (Å²) in [4.78, 5) is 4.01. The van der Waals surface area contributed by atoms with Gasteiger partial charge in [0.1, 0.15) is 0 Å². The summed E-state index contributed by atoms with van der Waals surface area (Å²) in [6, 6.07) is 3.39. The second-order valence-electron chi connectivity index (χ2n) is 5.24. The number of thiophene rings is 1. The van der Waals surface area contributed by atoms with Crippen LogP contribution in [-0.4, -0.2) is 24.0 Å². The van der Waals surface area contributed by atoms with E-state index >= 15 is 0 Å². The minimum absolute atomic E-state index is 0.404. The van der Waals surface area contributed by atoms with Crippen LogP contribution < -0.4 is 5.73 Å². The molecule has 1 aliphatic carbocycles. The lowest BCUT2D eigenvalue weighted by Gasteiger charge is -2.31. The summed E-state index contributed by atoms with van der Waals surface area (Å²) in [5, 5.41) is 2.15. The molecule has 1 heterocycles.